The van der Waals surface area contributed by atoms with Crippen LogP contribution in [0.1, 0.15) is 46.5 Å². The molecule has 1 fully saturated rings. The minimum Gasteiger partial charge on any atom is -0.465 e. The summed E-state index contributed by atoms with van der Waals surface area (Å²) in [6.45, 7) is 5.94. The Hall–Kier alpha value is -0.770. The highest BCUT2D eigenvalue weighted by atomic mass is 16.4. The summed E-state index contributed by atoms with van der Waals surface area (Å²) in [5.74, 6) is 0.267. The molecule has 0 aliphatic heterocycles. The van der Waals surface area contributed by atoms with Crippen molar-refractivity contribution in [1.82, 2.24) is 4.90 Å². The van der Waals surface area contributed by atoms with E-state index in [-0.39, 0.29) is 24.1 Å². The van der Waals surface area contributed by atoms with Crippen molar-refractivity contribution in [2.75, 3.05) is 6.61 Å². The van der Waals surface area contributed by atoms with Crippen molar-refractivity contribution >= 4 is 6.09 Å². The summed E-state index contributed by atoms with van der Waals surface area (Å²) >= 11 is 0. The van der Waals surface area contributed by atoms with Crippen LogP contribution >= 0.6 is 0 Å². The first-order chi connectivity index (χ1) is 7.36. The van der Waals surface area contributed by atoms with E-state index in [1.165, 1.54) is 0 Å². The van der Waals surface area contributed by atoms with Crippen LogP contribution in [0.15, 0.2) is 0 Å². The van der Waals surface area contributed by atoms with Gasteiger partial charge < -0.3 is 15.1 Å². The average Bonchev–Trinajstić information content (AvgIpc) is 2.15. The van der Waals surface area contributed by atoms with Gasteiger partial charge in [-0.05, 0) is 46.0 Å². The second-order valence-electron chi connectivity index (χ2n) is 5.69. The number of hydrogen-bond donors (Lipinski definition) is 2. The van der Waals surface area contributed by atoms with E-state index in [0.29, 0.717) is 0 Å². The highest BCUT2D eigenvalue weighted by Crippen LogP contribution is 2.31. The van der Waals surface area contributed by atoms with Gasteiger partial charge in [-0.25, -0.2) is 4.79 Å². The maximum absolute atomic E-state index is 11.3. The van der Waals surface area contributed by atoms with Crippen LogP contribution in [0.4, 0.5) is 4.79 Å². The number of aliphatic hydroxyl groups excluding tert-OH is 1. The van der Waals surface area contributed by atoms with Crippen molar-refractivity contribution in [3.63, 3.8) is 0 Å². The molecule has 1 rings (SSSR count). The lowest BCUT2D eigenvalue weighted by Gasteiger charge is -2.42. The average molecular weight is 229 g/mol. The van der Waals surface area contributed by atoms with E-state index in [0.717, 1.165) is 25.7 Å². The number of amides is 1. The van der Waals surface area contributed by atoms with E-state index < -0.39 is 6.09 Å². The number of rotatable bonds is 2. The van der Waals surface area contributed by atoms with Crippen molar-refractivity contribution in [2.45, 2.75) is 58.0 Å². The molecule has 0 aromatic rings. The van der Waals surface area contributed by atoms with Crippen molar-refractivity contribution < 1.29 is 15.0 Å². The van der Waals surface area contributed by atoms with Gasteiger partial charge in [-0.3, -0.25) is 0 Å². The normalized spacial score (nSPS) is 26.5. The van der Waals surface area contributed by atoms with Crippen LogP contribution in [0.25, 0.3) is 0 Å². The van der Waals surface area contributed by atoms with Crippen LogP contribution in [0.5, 0.6) is 0 Å². The van der Waals surface area contributed by atoms with Gasteiger partial charge in [0.05, 0.1) is 0 Å². The lowest BCUT2D eigenvalue weighted by Crippen LogP contribution is -2.52. The summed E-state index contributed by atoms with van der Waals surface area (Å²) in [7, 11) is 0. The van der Waals surface area contributed by atoms with Gasteiger partial charge in [0.15, 0.2) is 0 Å². The summed E-state index contributed by atoms with van der Waals surface area (Å²) in [4.78, 5) is 12.9. The number of hydrogen-bond acceptors (Lipinski definition) is 2. The first kappa shape index (κ1) is 13.3. The van der Waals surface area contributed by atoms with Gasteiger partial charge in [0.2, 0.25) is 0 Å². The topological polar surface area (TPSA) is 60.8 Å². The number of nitrogens with zero attached hydrogens (tertiary/aromatic N) is 1. The predicted octanol–water partition coefficient (Wildman–Crippen LogP) is 2.32. The smallest absolute Gasteiger partial charge is 0.407 e. The highest BCUT2D eigenvalue weighted by molar-refractivity contribution is 5.66. The molecule has 0 aromatic heterocycles. The molecule has 4 heteroatoms. The van der Waals surface area contributed by atoms with Crippen LogP contribution in [-0.2, 0) is 0 Å². The lowest BCUT2D eigenvalue weighted by atomic mass is 9.84. The Kier molecular flexibility index (Phi) is 4.19. The Morgan fingerprint density at radius 1 is 1.38 bits per heavy atom. The quantitative estimate of drug-likeness (QED) is 0.764. The molecule has 0 unspecified atom stereocenters. The molecule has 0 spiro atoms. The fraction of sp³-hybridized carbons (Fsp3) is 0.917. The molecule has 1 aliphatic carbocycles. The zero-order chi connectivity index (χ0) is 12.3. The Morgan fingerprint density at radius 3 is 2.44 bits per heavy atom. The second-order valence-corrected chi connectivity index (χ2v) is 5.69. The van der Waals surface area contributed by atoms with Gasteiger partial charge in [-0.2, -0.15) is 0 Å². The molecule has 1 amide bonds. The molecule has 94 valence electrons. The molecular weight excluding hydrogens is 206 g/mol. The van der Waals surface area contributed by atoms with Crippen LogP contribution in [0.3, 0.4) is 0 Å². The van der Waals surface area contributed by atoms with E-state index >= 15 is 0 Å². The third kappa shape index (κ3) is 3.11. The molecule has 0 saturated heterocycles. The van der Waals surface area contributed by atoms with Crippen LogP contribution in [-0.4, -0.2) is 39.4 Å². The molecule has 2 N–H and O–H groups in total. The minimum atomic E-state index is -0.851. The van der Waals surface area contributed by atoms with E-state index in [2.05, 4.69) is 0 Å². The summed E-state index contributed by atoms with van der Waals surface area (Å²) in [6.07, 6.45) is 2.89. The Balaban J connectivity index is 2.75. The zero-order valence-corrected chi connectivity index (χ0v) is 10.4. The Bertz CT molecular complexity index is 247. The maximum atomic E-state index is 11.3. The van der Waals surface area contributed by atoms with E-state index in [4.69, 9.17) is 5.11 Å². The van der Waals surface area contributed by atoms with Gasteiger partial charge in [0, 0.05) is 18.2 Å². The highest BCUT2D eigenvalue weighted by Gasteiger charge is 2.35. The number of carbonyl (C=O) groups is 1. The fourth-order valence-electron chi connectivity index (χ4n) is 2.65. The van der Waals surface area contributed by atoms with Crippen LogP contribution in [0.2, 0.25) is 0 Å². The maximum Gasteiger partial charge on any atom is 0.407 e. The summed E-state index contributed by atoms with van der Waals surface area (Å²) in [6, 6.07) is 0.0587. The fourth-order valence-corrected chi connectivity index (χ4v) is 2.65. The first-order valence-electron chi connectivity index (χ1n) is 5.99. The largest absolute Gasteiger partial charge is 0.465 e. The number of carboxylic acid groups (broad SMARTS) is 1. The van der Waals surface area contributed by atoms with Gasteiger partial charge in [0.25, 0.3) is 0 Å². The monoisotopic (exact) mass is 229 g/mol. The molecule has 2 atom stereocenters. The molecule has 0 bridgehead atoms. The standard InChI is InChI=1S/C12H23NO3/c1-12(2,3)13(11(15)16)10-6-4-5-9(7-10)8-14/h9-10,14H,4-8H2,1-3H3,(H,15,16)/t9-,10+/m0/s1. The molecule has 1 aliphatic rings. The molecule has 0 heterocycles. The predicted molar refractivity (Wildman–Crippen MR) is 62.4 cm³/mol. The van der Waals surface area contributed by atoms with Crippen LogP contribution < -0.4 is 0 Å². The van der Waals surface area contributed by atoms with E-state index in [9.17, 15) is 9.90 Å². The summed E-state index contributed by atoms with van der Waals surface area (Å²) in [5.41, 5.74) is -0.367. The Morgan fingerprint density at radius 2 is 2.00 bits per heavy atom. The molecule has 0 aromatic carbocycles. The van der Waals surface area contributed by atoms with Gasteiger partial charge in [0.1, 0.15) is 0 Å². The third-order valence-corrected chi connectivity index (χ3v) is 3.31. The molecule has 0 radical (unpaired) electrons. The summed E-state index contributed by atoms with van der Waals surface area (Å²) in [5, 5.41) is 18.4. The molecule has 16 heavy (non-hydrogen) atoms. The van der Waals surface area contributed by atoms with Gasteiger partial charge in [-0.15, -0.1) is 0 Å². The molecule has 4 nitrogen and oxygen atoms in total. The van der Waals surface area contributed by atoms with Crippen LogP contribution in [0, 0.1) is 5.92 Å². The van der Waals surface area contributed by atoms with Gasteiger partial charge >= 0.3 is 6.09 Å². The van der Waals surface area contributed by atoms with E-state index in [1.54, 1.807) is 4.90 Å². The summed E-state index contributed by atoms with van der Waals surface area (Å²) < 4.78 is 0. The van der Waals surface area contributed by atoms with Crippen molar-refractivity contribution in [1.29, 1.82) is 0 Å². The second kappa shape index (κ2) is 5.04. The third-order valence-electron chi connectivity index (χ3n) is 3.31. The van der Waals surface area contributed by atoms with Crippen molar-refractivity contribution in [2.24, 2.45) is 5.92 Å². The SMILES string of the molecule is CC(C)(C)N(C(=O)O)[C@@H]1CCC[C@H](CO)C1. The van der Waals surface area contributed by atoms with Gasteiger partial charge in [-0.1, -0.05) is 6.42 Å². The molecule has 1 saturated carbocycles. The Labute approximate surface area is 97.3 Å². The lowest BCUT2D eigenvalue weighted by molar-refractivity contribution is 0.0393. The first-order valence-corrected chi connectivity index (χ1v) is 5.99. The zero-order valence-electron chi connectivity index (χ0n) is 10.4. The minimum absolute atomic E-state index is 0.0587. The van der Waals surface area contributed by atoms with Crippen molar-refractivity contribution in [3.8, 4) is 0 Å². The van der Waals surface area contributed by atoms with Crippen molar-refractivity contribution in [3.05, 3.63) is 0 Å². The van der Waals surface area contributed by atoms with E-state index in [1.807, 2.05) is 20.8 Å². The molecular formula is C12H23NO3. The number of aliphatic hydroxyl groups is 1.